The molecule has 2 heterocycles. The lowest BCUT2D eigenvalue weighted by Gasteiger charge is -2.07. The molecule has 1 aromatic rings. The van der Waals surface area contributed by atoms with Crippen molar-refractivity contribution in [3.05, 3.63) is 17.5 Å². The molecule has 1 amide bonds. The maximum atomic E-state index is 12.1. The monoisotopic (exact) mass is 234 g/mol. The van der Waals surface area contributed by atoms with Gasteiger partial charge in [-0.1, -0.05) is 6.92 Å². The summed E-state index contributed by atoms with van der Waals surface area (Å²) in [5.41, 5.74) is 1.63. The lowest BCUT2D eigenvalue weighted by Crippen LogP contribution is -2.33. The number of aryl methyl sites for hydroxylation is 2. The van der Waals surface area contributed by atoms with Crippen molar-refractivity contribution >= 4 is 5.91 Å². The molecule has 2 N–H and O–H groups in total. The van der Waals surface area contributed by atoms with E-state index in [9.17, 15) is 4.79 Å². The molecule has 2 fully saturated rings. The van der Waals surface area contributed by atoms with Gasteiger partial charge >= 0.3 is 0 Å². The Balaban J connectivity index is 1.67. The van der Waals surface area contributed by atoms with Crippen LogP contribution in [0.3, 0.4) is 0 Å². The third-order valence-corrected chi connectivity index (χ3v) is 3.91. The zero-order valence-electron chi connectivity index (χ0n) is 10.2. The maximum absolute atomic E-state index is 12.1. The molecule has 1 saturated carbocycles. The molecule has 2 atom stereocenters. The fourth-order valence-electron chi connectivity index (χ4n) is 2.77. The second-order valence-electron chi connectivity index (χ2n) is 4.98. The second-order valence-corrected chi connectivity index (χ2v) is 4.98. The van der Waals surface area contributed by atoms with Gasteiger partial charge in [0.25, 0.3) is 5.91 Å². The molecule has 1 aromatic heterocycles. The fraction of sp³-hybridized carbons (Fsp3) is 0.667. The summed E-state index contributed by atoms with van der Waals surface area (Å²) in [4.78, 5) is 12.1. The van der Waals surface area contributed by atoms with Crippen molar-refractivity contribution in [3.8, 4) is 0 Å². The van der Waals surface area contributed by atoms with Crippen LogP contribution < -0.4 is 10.6 Å². The van der Waals surface area contributed by atoms with E-state index in [1.54, 1.807) is 4.68 Å². The number of amides is 1. The molecule has 2 aliphatic rings. The van der Waals surface area contributed by atoms with Crippen molar-refractivity contribution in [3.63, 3.8) is 0 Å². The van der Waals surface area contributed by atoms with Gasteiger partial charge in [-0.05, 0) is 24.3 Å². The molecule has 1 saturated heterocycles. The van der Waals surface area contributed by atoms with Crippen LogP contribution in [0.25, 0.3) is 0 Å². The Hall–Kier alpha value is -1.36. The largest absolute Gasteiger partial charge is 0.347 e. The van der Waals surface area contributed by atoms with Gasteiger partial charge in [0.15, 0.2) is 0 Å². The van der Waals surface area contributed by atoms with E-state index >= 15 is 0 Å². The van der Waals surface area contributed by atoms with Crippen LogP contribution >= 0.6 is 0 Å². The van der Waals surface area contributed by atoms with Crippen LogP contribution in [-0.2, 0) is 13.5 Å². The van der Waals surface area contributed by atoms with Gasteiger partial charge in [0.1, 0.15) is 5.69 Å². The summed E-state index contributed by atoms with van der Waals surface area (Å²) in [5.74, 6) is 1.31. The smallest absolute Gasteiger partial charge is 0.269 e. The van der Waals surface area contributed by atoms with E-state index in [0.717, 1.165) is 25.2 Å². The maximum Gasteiger partial charge on any atom is 0.269 e. The second kappa shape index (κ2) is 3.84. The van der Waals surface area contributed by atoms with Crippen molar-refractivity contribution in [1.29, 1.82) is 0 Å². The van der Waals surface area contributed by atoms with Crippen molar-refractivity contribution in [1.82, 2.24) is 20.4 Å². The molecule has 5 nitrogen and oxygen atoms in total. The number of aromatic nitrogens is 2. The first kappa shape index (κ1) is 10.8. The van der Waals surface area contributed by atoms with E-state index in [2.05, 4.69) is 15.7 Å². The van der Waals surface area contributed by atoms with Crippen LogP contribution in [0, 0.1) is 11.8 Å². The highest BCUT2D eigenvalue weighted by Gasteiger charge is 2.53. The van der Waals surface area contributed by atoms with Gasteiger partial charge in [-0.3, -0.25) is 9.48 Å². The minimum absolute atomic E-state index is 0.0131. The molecule has 1 aliphatic heterocycles. The number of hydrogen-bond acceptors (Lipinski definition) is 3. The van der Waals surface area contributed by atoms with E-state index in [1.165, 1.54) is 0 Å². The quantitative estimate of drug-likeness (QED) is 0.769. The van der Waals surface area contributed by atoms with Crippen LogP contribution in [0.5, 0.6) is 0 Å². The van der Waals surface area contributed by atoms with Crippen LogP contribution in [0.1, 0.15) is 23.1 Å². The minimum Gasteiger partial charge on any atom is -0.347 e. The predicted molar refractivity (Wildman–Crippen MR) is 63.7 cm³/mol. The lowest BCUT2D eigenvalue weighted by molar-refractivity contribution is 0.0937. The van der Waals surface area contributed by atoms with E-state index in [1.807, 2.05) is 20.0 Å². The van der Waals surface area contributed by atoms with E-state index < -0.39 is 0 Å². The Labute approximate surface area is 101 Å². The number of piperidine rings is 1. The lowest BCUT2D eigenvalue weighted by atomic mass is 10.3. The van der Waals surface area contributed by atoms with Crippen LogP contribution in [0.2, 0.25) is 0 Å². The third-order valence-electron chi connectivity index (χ3n) is 3.91. The Kier molecular flexibility index (Phi) is 2.43. The average molecular weight is 234 g/mol. The number of nitrogens with zero attached hydrogens (tertiary/aromatic N) is 2. The number of nitrogens with one attached hydrogen (secondary N) is 2. The first-order valence-electron chi connectivity index (χ1n) is 6.25. The number of hydrogen-bond donors (Lipinski definition) is 2. The summed E-state index contributed by atoms with van der Waals surface area (Å²) in [5, 5.41) is 10.7. The SMILES string of the molecule is CCc1cc(C(=O)NC2C3CNCC32)n(C)n1. The van der Waals surface area contributed by atoms with Crippen molar-refractivity contribution in [2.75, 3.05) is 13.1 Å². The van der Waals surface area contributed by atoms with Crippen LogP contribution in [-0.4, -0.2) is 34.8 Å². The highest BCUT2D eigenvalue weighted by Crippen LogP contribution is 2.41. The minimum atomic E-state index is 0.0131. The first-order valence-corrected chi connectivity index (χ1v) is 6.25. The Morgan fingerprint density at radius 2 is 2.29 bits per heavy atom. The zero-order valence-corrected chi connectivity index (χ0v) is 10.2. The molecule has 17 heavy (non-hydrogen) atoms. The highest BCUT2D eigenvalue weighted by atomic mass is 16.2. The summed E-state index contributed by atoms with van der Waals surface area (Å²) in [6.07, 6.45) is 0.861. The molecule has 5 heteroatoms. The molecule has 2 unspecified atom stereocenters. The molecule has 0 bridgehead atoms. The first-order chi connectivity index (χ1) is 8.20. The molecule has 0 spiro atoms. The highest BCUT2D eigenvalue weighted by molar-refractivity contribution is 5.93. The molecule has 0 radical (unpaired) electrons. The van der Waals surface area contributed by atoms with Crippen molar-refractivity contribution in [2.45, 2.75) is 19.4 Å². The van der Waals surface area contributed by atoms with Gasteiger partial charge in [-0.25, -0.2) is 0 Å². The number of carbonyl (C=O) groups is 1. The number of carbonyl (C=O) groups excluding carboxylic acids is 1. The van der Waals surface area contributed by atoms with E-state index in [0.29, 0.717) is 23.6 Å². The van der Waals surface area contributed by atoms with Gasteiger partial charge in [-0.15, -0.1) is 0 Å². The average Bonchev–Trinajstić information content (AvgIpc) is 2.75. The van der Waals surface area contributed by atoms with E-state index in [-0.39, 0.29) is 5.91 Å². The topological polar surface area (TPSA) is 59.0 Å². The van der Waals surface area contributed by atoms with Gasteiger partial charge in [0.05, 0.1) is 5.69 Å². The van der Waals surface area contributed by atoms with Crippen molar-refractivity contribution in [2.24, 2.45) is 18.9 Å². The Morgan fingerprint density at radius 3 is 2.88 bits per heavy atom. The van der Waals surface area contributed by atoms with E-state index in [4.69, 9.17) is 0 Å². The summed E-state index contributed by atoms with van der Waals surface area (Å²) < 4.78 is 1.67. The fourth-order valence-corrected chi connectivity index (χ4v) is 2.77. The summed E-state index contributed by atoms with van der Waals surface area (Å²) in [6, 6.07) is 2.26. The van der Waals surface area contributed by atoms with Crippen molar-refractivity contribution < 1.29 is 4.79 Å². The zero-order chi connectivity index (χ0) is 12.0. The number of fused-ring (bicyclic) bond motifs is 1. The summed E-state index contributed by atoms with van der Waals surface area (Å²) in [6.45, 7) is 4.13. The molecular weight excluding hydrogens is 216 g/mol. The Bertz CT molecular complexity index is 443. The molecule has 92 valence electrons. The van der Waals surface area contributed by atoms with Gasteiger partial charge in [0, 0.05) is 26.2 Å². The van der Waals surface area contributed by atoms with Gasteiger partial charge in [0.2, 0.25) is 0 Å². The van der Waals surface area contributed by atoms with Crippen LogP contribution in [0.4, 0.5) is 0 Å². The standard InChI is InChI=1S/C12H18N4O/c1-3-7-4-10(16(2)15-7)12(17)14-11-8-5-13-6-9(8)11/h4,8-9,11,13H,3,5-6H2,1-2H3,(H,14,17). The normalized spacial score (nSPS) is 30.1. The Morgan fingerprint density at radius 1 is 1.59 bits per heavy atom. The van der Waals surface area contributed by atoms with Gasteiger partial charge in [-0.2, -0.15) is 5.10 Å². The molecular formula is C12H18N4O. The third kappa shape index (κ3) is 1.74. The number of rotatable bonds is 3. The summed E-state index contributed by atoms with van der Waals surface area (Å²) >= 11 is 0. The predicted octanol–water partition coefficient (Wildman–Crippen LogP) is -0.0699. The summed E-state index contributed by atoms with van der Waals surface area (Å²) in [7, 11) is 1.82. The van der Waals surface area contributed by atoms with Crippen LogP contribution in [0.15, 0.2) is 6.07 Å². The molecule has 3 rings (SSSR count). The molecule has 1 aliphatic carbocycles. The van der Waals surface area contributed by atoms with Gasteiger partial charge < -0.3 is 10.6 Å². The molecule has 0 aromatic carbocycles.